The zero-order valence-corrected chi connectivity index (χ0v) is 14.6. The van der Waals surface area contributed by atoms with Crippen LogP contribution in [0.1, 0.15) is 32.8 Å². The van der Waals surface area contributed by atoms with E-state index in [1.165, 1.54) is 0 Å². The Hall–Kier alpha value is -2.67. The third kappa shape index (κ3) is 3.16. The molecule has 124 valence electrons. The number of carbonyl (C=O) groups is 2. The lowest BCUT2D eigenvalue weighted by Crippen LogP contribution is -2.31. The number of allylic oxidation sites excluding steroid dienone is 3. The Morgan fingerprint density at radius 3 is 2.29 bits per heavy atom. The predicted octanol–water partition coefficient (Wildman–Crippen LogP) is 3.90. The average molecular weight is 322 g/mol. The van der Waals surface area contributed by atoms with Crippen molar-refractivity contribution in [2.24, 2.45) is 5.92 Å². The van der Waals surface area contributed by atoms with Crippen LogP contribution in [0.15, 0.2) is 41.1 Å². The summed E-state index contributed by atoms with van der Waals surface area (Å²) in [4.78, 5) is 30.3. The molecule has 0 N–H and O–H groups in total. The summed E-state index contributed by atoms with van der Waals surface area (Å²) in [6.07, 6.45) is 2.20. The van der Waals surface area contributed by atoms with E-state index in [0.29, 0.717) is 17.6 Å². The monoisotopic (exact) mass is 322 g/mol. The summed E-state index contributed by atoms with van der Waals surface area (Å²) in [6.45, 7) is 13.7. The molecule has 0 bridgehead atoms. The van der Waals surface area contributed by atoms with Gasteiger partial charge in [-0.15, -0.1) is 0 Å². The Morgan fingerprint density at radius 1 is 1.17 bits per heavy atom. The average Bonchev–Trinajstić information content (AvgIpc) is 2.59. The van der Waals surface area contributed by atoms with Gasteiger partial charge in [-0.1, -0.05) is 19.1 Å². The van der Waals surface area contributed by atoms with Crippen molar-refractivity contribution < 1.29 is 9.59 Å². The molecule has 24 heavy (non-hydrogen) atoms. The highest BCUT2D eigenvalue weighted by molar-refractivity contribution is 6.23. The van der Waals surface area contributed by atoms with E-state index in [2.05, 4.69) is 16.7 Å². The molecule has 0 spiro atoms. The molecule has 1 unspecified atom stereocenters. The van der Waals surface area contributed by atoms with Crippen LogP contribution in [0.25, 0.3) is 10.9 Å². The van der Waals surface area contributed by atoms with Crippen molar-refractivity contribution in [3.63, 3.8) is 0 Å². The molecule has 0 heterocycles. The fraction of sp³-hybridized carbons (Fsp3) is 0.350. The molecule has 0 amide bonds. The molecule has 1 aliphatic carbocycles. The molecule has 4 heteroatoms. The van der Waals surface area contributed by atoms with Crippen LogP contribution < -0.4 is 4.90 Å². The molecule has 1 aromatic carbocycles. The Morgan fingerprint density at radius 2 is 1.79 bits per heavy atom. The van der Waals surface area contributed by atoms with Gasteiger partial charge in [-0.3, -0.25) is 4.79 Å². The molecule has 0 fully saturated rings. The minimum atomic E-state index is -0.727. The lowest BCUT2D eigenvalue weighted by molar-refractivity contribution is -0.129. The third-order valence-electron chi connectivity index (χ3n) is 4.53. The van der Waals surface area contributed by atoms with Crippen molar-refractivity contribution in [2.75, 3.05) is 18.5 Å². The Labute approximate surface area is 143 Å². The van der Waals surface area contributed by atoms with Gasteiger partial charge in [-0.25, -0.2) is 4.85 Å². The van der Waals surface area contributed by atoms with E-state index in [4.69, 9.17) is 6.57 Å². The second-order valence-electron chi connectivity index (χ2n) is 5.94. The highest BCUT2D eigenvalue weighted by Gasteiger charge is 2.36. The van der Waals surface area contributed by atoms with E-state index in [1.54, 1.807) is 19.9 Å². The van der Waals surface area contributed by atoms with Gasteiger partial charge in [0, 0.05) is 24.9 Å². The molecule has 1 aromatic rings. The van der Waals surface area contributed by atoms with Crippen molar-refractivity contribution in [1.82, 2.24) is 0 Å². The van der Waals surface area contributed by atoms with E-state index >= 15 is 0 Å². The summed E-state index contributed by atoms with van der Waals surface area (Å²) in [7, 11) is 2.02. The number of Topliss-reactive ketones (excluding diaryl/α,β-unsaturated/α-hetero) is 2. The second kappa shape index (κ2) is 7.27. The first kappa shape index (κ1) is 17.7. The lowest BCUT2D eigenvalue weighted by Gasteiger charge is -2.22. The summed E-state index contributed by atoms with van der Waals surface area (Å²) in [5.41, 5.74) is 3.04. The number of benzene rings is 1. The second-order valence-corrected chi connectivity index (χ2v) is 5.94. The molecule has 0 saturated carbocycles. The van der Waals surface area contributed by atoms with Gasteiger partial charge in [0.05, 0.1) is 12.5 Å². The molecular formula is C20H22N2O2. The number of anilines is 1. The van der Waals surface area contributed by atoms with E-state index in [1.807, 2.05) is 31.3 Å². The molecule has 0 aromatic heterocycles. The Balaban J connectivity index is 2.47. The van der Waals surface area contributed by atoms with Gasteiger partial charge >= 0.3 is 0 Å². The third-order valence-corrected chi connectivity index (χ3v) is 4.53. The molecule has 4 nitrogen and oxygen atoms in total. The summed E-state index contributed by atoms with van der Waals surface area (Å²) < 4.78 is 0. The summed E-state index contributed by atoms with van der Waals surface area (Å²) in [5, 5.41) is 0. The molecule has 0 radical (unpaired) electrons. The fourth-order valence-electron chi connectivity index (χ4n) is 2.83. The van der Waals surface area contributed by atoms with E-state index in [-0.39, 0.29) is 17.3 Å². The van der Waals surface area contributed by atoms with Crippen LogP contribution in [-0.4, -0.2) is 25.2 Å². The quantitative estimate of drug-likeness (QED) is 0.480. The predicted molar refractivity (Wildman–Crippen MR) is 96.5 cm³/mol. The maximum absolute atomic E-state index is 12.6. The minimum absolute atomic E-state index is 0.0926. The molecule has 1 aliphatic rings. The molecule has 2 rings (SSSR count). The Kier molecular flexibility index (Phi) is 5.35. The van der Waals surface area contributed by atoms with Gasteiger partial charge in [-0.05, 0) is 49.6 Å². The van der Waals surface area contributed by atoms with Crippen LogP contribution in [0.3, 0.4) is 0 Å². The van der Waals surface area contributed by atoms with E-state index in [9.17, 15) is 9.59 Å². The smallest absolute Gasteiger partial charge is 0.233 e. The van der Waals surface area contributed by atoms with Gasteiger partial charge in [-0.2, -0.15) is 0 Å². The number of ketones is 2. The van der Waals surface area contributed by atoms with Crippen molar-refractivity contribution in [2.45, 2.75) is 27.2 Å². The summed E-state index contributed by atoms with van der Waals surface area (Å²) in [6, 6.07) is 7.90. The first-order chi connectivity index (χ1) is 11.4. The van der Waals surface area contributed by atoms with E-state index < -0.39 is 5.92 Å². The molecule has 0 aliphatic heterocycles. The Bertz CT molecular complexity index is 764. The molecule has 0 saturated heterocycles. The van der Waals surface area contributed by atoms with Gasteiger partial charge in [0.25, 0.3) is 0 Å². The van der Waals surface area contributed by atoms with Crippen molar-refractivity contribution >= 4 is 23.3 Å². The normalized spacial score (nSPS) is 19.6. The van der Waals surface area contributed by atoms with Gasteiger partial charge in [0.15, 0.2) is 11.6 Å². The van der Waals surface area contributed by atoms with Crippen LogP contribution in [0.5, 0.6) is 0 Å². The van der Waals surface area contributed by atoms with Gasteiger partial charge in [0.1, 0.15) is 0 Å². The van der Waals surface area contributed by atoms with Crippen molar-refractivity contribution in [3.8, 4) is 0 Å². The van der Waals surface area contributed by atoms with Crippen LogP contribution in [0.2, 0.25) is 0 Å². The first-order valence-corrected chi connectivity index (χ1v) is 8.14. The number of rotatable bonds is 4. The number of nitrogens with zero attached hydrogens (tertiary/aromatic N) is 2. The standard InChI is InChI=1S/C20H22N2O2/c1-6-16-19(23)17(13(3)18(21-4)20(16)24)12-14-8-10-15(11-9-14)22(5)7-2/h8-12,16H,6-7H2,1-3,5H3. The van der Waals surface area contributed by atoms with Crippen LogP contribution in [0, 0.1) is 12.5 Å². The largest absolute Gasteiger partial charge is 0.375 e. The topological polar surface area (TPSA) is 41.7 Å². The maximum atomic E-state index is 12.6. The lowest BCUT2D eigenvalue weighted by atomic mass is 9.80. The number of hydrogen-bond acceptors (Lipinski definition) is 3. The highest BCUT2D eigenvalue weighted by Crippen LogP contribution is 2.32. The SMILES string of the molecule is [C-]#[N+]C1=C(C)C(=Cc2ccc(N(C)CC)cc2)C(=O)C(CC)C1=O. The maximum Gasteiger partial charge on any atom is 0.233 e. The minimum Gasteiger partial charge on any atom is -0.375 e. The fourth-order valence-corrected chi connectivity index (χ4v) is 2.83. The highest BCUT2D eigenvalue weighted by atomic mass is 16.2. The number of hydrogen-bond donors (Lipinski definition) is 0. The van der Waals surface area contributed by atoms with Gasteiger partial charge in [0.2, 0.25) is 5.70 Å². The first-order valence-electron chi connectivity index (χ1n) is 8.14. The zero-order valence-electron chi connectivity index (χ0n) is 14.6. The van der Waals surface area contributed by atoms with Gasteiger partial charge < -0.3 is 9.69 Å². The molecular weight excluding hydrogens is 300 g/mol. The van der Waals surface area contributed by atoms with E-state index in [0.717, 1.165) is 17.8 Å². The van der Waals surface area contributed by atoms with Crippen LogP contribution in [0.4, 0.5) is 5.69 Å². The summed E-state index contributed by atoms with van der Waals surface area (Å²) in [5.74, 6) is -1.25. The number of carbonyl (C=O) groups excluding carboxylic acids is 2. The summed E-state index contributed by atoms with van der Waals surface area (Å²) >= 11 is 0. The van der Waals surface area contributed by atoms with Crippen LogP contribution in [-0.2, 0) is 9.59 Å². The van der Waals surface area contributed by atoms with Crippen molar-refractivity contribution in [3.05, 3.63) is 58.1 Å². The van der Waals surface area contributed by atoms with Crippen LogP contribution >= 0.6 is 0 Å². The zero-order chi connectivity index (χ0) is 17.9. The van der Waals surface area contributed by atoms with Crippen molar-refractivity contribution in [1.29, 1.82) is 0 Å². The molecule has 1 atom stereocenters.